The molecular formula is C25H19ClN4O3S. The van der Waals surface area contributed by atoms with Crippen LogP contribution in [0.25, 0.3) is 0 Å². The smallest absolute Gasteiger partial charge is 0.226 e. The van der Waals surface area contributed by atoms with Crippen molar-refractivity contribution in [2.24, 2.45) is 4.99 Å². The van der Waals surface area contributed by atoms with Crippen molar-refractivity contribution < 1.29 is 13.2 Å². The molecule has 5 rings (SSSR count). The van der Waals surface area contributed by atoms with Crippen LogP contribution in [-0.4, -0.2) is 31.2 Å². The van der Waals surface area contributed by atoms with Gasteiger partial charge in [-0.15, -0.1) is 0 Å². The predicted molar refractivity (Wildman–Crippen MR) is 132 cm³/mol. The lowest BCUT2D eigenvalue weighted by molar-refractivity contribution is 0.415. The third-order valence-electron chi connectivity index (χ3n) is 5.42. The highest BCUT2D eigenvalue weighted by atomic mass is 35.5. The maximum Gasteiger partial charge on any atom is 0.226 e. The Bertz CT molecular complexity index is 1530. The van der Waals surface area contributed by atoms with Gasteiger partial charge < -0.3 is 10.1 Å². The van der Waals surface area contributed by atoms with Gasteiger partial charge in [0.05, 0.1) is 17.7 Å². The quantitative estimate of drug-likeness (QED) is 0.334. The molecule has 0 saturated heterocycles. The minimum Gasteiger partial charge on any atom is -0.497 e. The van der Waals surface area contributed by atoms with Crippen molar-refractivity contribution in [3.8, 4) is 5.75 Å². The predicted octanol–water partition coefficient (Wildman–Crippen LogP) is 5.51. The molecule has 0 fully saturated rings. The summed E-state index contributed by atoms with van der Waals surface area (Å²) >= 11 is 6.00. The number of hydrogen-bond donors (Lipinski definition) is 1. The first-order chi connectivity index (χ1) is 16.4. The number of aryl methyl sites for hydroxylation is 1. The van der Waals surface area contributed by atoms with E-state index in [1.807, 2.05) is 37.3 Å². The minimum atomic E-state index is -3.98. The van der Waals surface area contributed by atoms with Crippen LogP contribution in [0.2, 0.25) is 5.02 Å². The van der Waals surface area contributed by atoms with Gasteiger partial charge in [0.1, 0.15) is 17.8 Å². The Morgan fingerprint density at radius 1 is 0.941 bits per heavy atom. The summed E-state index contributed by atoms with van der Waals surface area (Å²) in [6.45, 7) is 1.91. The highest BCUT2D eigenvalue weighted by Gasteiger charge is 2.33. The van der Waals surface area contributed by atoms with Crippen LogP contribution in [0.5, 0.6) is 5.75 Å². The summed E-state index contributed by atoms with van der Waals surface area (Å²) in [6.07, 6.45) is 1.22. The summed E-state index contributed by atoms with van der Waals surface area (Å²) in [7, 11) is -2.39. The summed E-state index contributed by atoms with van der Waals surface area (Å²) in [5.74, 6) is 0.954. The Labute approximate surface area is 202 Å². The molecule has 0 amide bonds. The van der Waals surface area contributed by atoms with Crippen LogP contribution >= 0.6 is 11.6 Å². The Kier molecular flexibility index (Phi) is 5.55. The van der Waals surface area contributed by atoms with E-state index in [1.165, 1.54) is 6.33 Å². The monoisotopic (exact) mass is 490 g/mol. The van der Waals surface area contributed by atoms with Crippen molar-refractivity contribution >= 4 is 44.3 Å². The number of nitrogens with zero attached hydrogens (tertiary/aromatic N) is 3. The Morgan fingerprint density at radius 2 is 1.68 bits per heavy atom. The van der Waals surface area contributed by atoms with Gasteiger partial charge in [-0.3, -0.25) is 0 Å². The van der Waals surface area contributed by atoms with E-state index < -0.39 is 9.84 Å². The van der Waals surface area contributed by atoms with Crippen LogP contribution in [0.1, 0.15) is 16.7 Å². The lowest BCUT2D eigenvalue weighted by Crippen LogP contribution is -2.10. The highest BCUT2D eigenvalue weighted by Crippen LogP contribution is 2.40. The van der Waals surface area contributed by atoms with Crippen LogP contribution in [0.15, 0.2) is 88.0 Å². The summed E-state index contributed by atoms with van der Waals surface area (Å²) in [5.41, 5.74) is 3.46. The van der Waals surface area contributed by atoms with E-state index in [9.17, 15) is 8.42 Å². The molecule has 0 aliphatic carbocycles. The van der Waals surface area contributed by atoms with Crippen molar-refractivity contribution in [1.82, 2.24) is 9.97 Å². The number of benzene rings is 3. The fraction of sp³-hybridized carbons (Fsp3) is 0.0800. The van der Waals surface area contributed by atoms with E-state index in [2.05, 4.69) is 15.3 Å². The SMILES string of the molecule is COc1ccc(C2=Nc3c(Nc4ccc(Cl)cc4)ncnc3S(=O)(=O)c3ccc(C)cc32)cc1. The molecule has 0 bridgehead atoms. The van der Waals surface area contributed by atoms with E-state index in [1.54, 1.807) is 43.5 Å². The topological polar surface area (TPSA) is 93.5 Å². The first kappa shape index (κ1) is 22.1. The van der Waals surface area contributed by atoms with Gasteiger partial charge in [0.25, 0.3) is 0 Å². The van der Waals surface area contributed by atoms with E-state index in [-0.39, 0.29) is 21.4 Å². The number of sulfone groups is 1. The maximum absolute atomic E-state index is 13.7. The maximum atomic E-state index is 13.7. The Hall–Kier alpha value is -3.75. The summed E-state index contributed by atoms with van der Waals surface area (Å²) in [5, 5.41) is 3.58. The second-order valence-electron chi connectivity index (χ2n) is 7.70. The average molecular weight is 491 g/mol. The lowest BCUT2D eigenvalue weighted by atomic mass is 10.00. The van der Waals surface area contributed by atoms with Crippen molar-refractivity contribution in [2.45, 2.75) is 16.8 Å². The number of nitrogens with one attached hydrogen (secondary N) is 1. The summed E-state index contributed by atoms with van der Waals surface area (Å²) in [4.78, 5) is 13.4. The molecule has 2 heterocycles. The van der Waals surface area contributed by atoms with Crippen molar-refractivity contribution in [2.75, 3.05) is 12.4 Å². The van der Waals surface area contributed by atoms with Gasteiger partial charge in [0.15, 0.2) is 10.8 Å². The van der Waals surface area contributed by atoms with Gasteiger partial charge in [-0.25, -0.2) is 23.4 Å². The zero-order valence-electron chi connectivity index (χ0n) is 18.3. The molecule has 4 aromatic rings. The molecule has 0 saturated carbocycles. The second-order valence-corrected chi connectivity index (χ2v) is 9.97. The third kappa shape index (κ3) is 3.91. The molecule has 34 heavy (non-hydrogen) atoms. The molecule has 1 aromatic heterocycles. The number of aromatic nitrogens is 2. The average Bonchev–Trinajstić information content (AvgIpc) is 2.93. The van der Waals surface area contributed by atoms with Gasteiger partial charge >= 0.3 is 0 Å². The van der Waals surface area contributed by atoms with Crippen LogP contribution < -0.4 is 10.1 Å². The molecule has 9 heteroatoms. The third-order valence-corrected chi connectivity index (χ3v) is 7.41. The molecule has 0 atom stereocenters. The minimum absolute atomic E-state index is 0.136. The largest absolute Gasteiger partial charge is 0.497 e. The first-order valence-electron chi connectivity index (χ1n) is 10.3. The lowest BCUT2D eigenvalue weighted by Gasteiger charge is -2.11. The molecular weight excluding hydrogens is 472 g/mol. The Morgan fingerprint density at radius 3 is 2.38 bits per heavy atom. The van der Waals surface area contributed by atoms with Crippen LogP contribution in [0, 0.1) is 6.92 Å². The molecule has 7 nitrogen and oxygen atoms in total. The van der Waals surface area contributed by atoms with E-state index >= 15 is 0 Å². The van der Waals surface area contributed by atoms with E-state index in [0.717, 1.165) is 11.1 Å². The molecule has 1 aliphatic rings. The normalized spacial score (nSPS) is 13.8. The van der Waals surface area contributed by atoms with Gasteiger partial charge in [-0.2, -0.15) is 0 Å². The molecule has 0 radical (unpaired) electrons. The Balaban J connectivity index is 1.78. The zero-order valence-corrected chi connectivity index (χ0v) is 19.9. The molecule has 1 N–H and O–H groups in total. The molecule has 1 aliphatic heterocycles. The highest BCUT2D eigenvalue weighted by molar-refractivity contribution is 7.91. The van der Waals surface area contributed by atoms with Gasteiger partial charge in [0.2, 0.25) is 9.84 Å². The fourth-order valence-corrected chi connectivity index (χ4v) is 5.34. The van der Waals surface area contributed by atoms with E-state index in [4.69, 9.17) is 21.3 Å². The van der Waals surface area contributed by atoms with Gasteiger partial charge in [0, 0.05) is 21.8 Å². The number of hydrogen-bond acceptors (Lipinski definition) is 7. The number of rotatable bonds is 4. The molecule has 0 spiro atoms. The number of methoxy groups -OCH3 is 1. The molecule has 0 unspecified atom stereocenters. The number of ether oxygens (including phenoxy) is 1. The van der Waals surface area contributed by atoms with Crippen molar-refractivity contribution in [3.05, 3.63) is 94.8 Å². The zero-order chi connectivity index (χ0) is 23.9. The summed E-state index contributed by atoms with van der Waals surface area (Å²) in [6, 6.07) is 19.5. The first-order valence-corrected chi connectivity index (χ1v) is 12.2. The van der Waals surface area contributed by atoms with Crippen LogP contribution in [0.3, 0.4) is 0 Å². The number of halogens is 1. The number of fused-ring (bicyclic) bond motifs is 2. The molecule has 3 aromatic carbocycles. The number of anilines is 2. The van der Waals surface area contributed by atoms with Crippen molar-refractivity contribution in [3.63, 3.8) is 0 Å². The second kappa shape index (κ2) is 8.55. The van der Waals surface area contributed by atoms with Gasteiger partial charge in [-0.05, 0) is 67.6 Å². The van der Waals surface area contributed by atoms with Crippen molar-refractivity contribution in [1.29, 1.82) is 0 Å². The summed E-state index contributed by atoms with van der Waals surface area (Å²) < 4.78 is 32.7. The van der Waals surface area contributed by atoms with E-state index in [0.29, 0.717) is 27.7 Å². The standard InChI is InChI=1S/C25H19ClN4O3S/c1-15-3-12-21-20(13-15)22(16-4-10-19(33-2)11-5-16)30-23-24(27-14-28-25(23)34(21,31)32)29-18-8-6-17(26)7-9-18/h3-14H,1-2H3,(H,27,28,29). The molecule has 170 valence electrons. The van der Waals surface area contributed by atoms with Crippen LogP contribution in [-0.2, 0) is 9.84 Å². The number of aliphatic imine (C=N–C) groups is 1. The van der Waals surface area contributed by atoms with Gasteiger partial charge in [-0.1, -0.05) is 23.2 Å². The van der Waals surface area contributed by atoms with Crippen LogP contribution in [0.4, 0.5) is 17.2 Å². The fourth-order valence-electron chi connectivity index (χ4n) is 3.73.